The molecule has 0 bridgehead atoms. The van der Waals surface area contributed by atoms with Crippen molar-refractivity contribution in [2.45, 2.75) is 25.4 Å². The number of hydrogen-bond donors (Lipinski definition) is 1. The molecule has 0 atom stereocenters. The zero-order chi connectivity index (χ0) is 11.6. The van der Waals surface area contributed by atoms with Gasteiger partial charge in [0.25, 0.3) is 0 Å². The van der Waals surface area contributed by atoms with Crippen LogP contribution < -0.4 is 10.1 Å². The Kier molecular flexibility index (Phi) is 3.50. The summed E-state index contributed by atoms with van der Waals surface area (Å²) >= 11 is 3.22. The van der Waals surface area contributed by atoms with Gasteiger partial charge in [-0.2, -0.15) is 0 Å². The van der Waals surface area contributed by atoms with Gasteiger partial charge in [-0.05, 0) is 60.9 Å². The lowest BCUT2D eigenvalue weighted by molar-refractivity contribution is 0.0544. The van der Waals surface area contributed by atoms with Gasteiger partial charge in [-0.3, -0.25) is 0 Å². The topological polar surface area (TPSA) is 21.3 Å². The Morgan fingerprint density at radius 3 is 2.75 bits per heavy atom. The lowest BCUT2D eigenvalue weighted by atomic mass is 9.94. The SMILES string of the molecule is CC1(Oc2cccc(F)c2Br)CCNCC1. The van der Waals surface area contributed by atoms with Crippen molar-refractivity contribution in [3.8, 4) is 5.75 Å². The molecule has 2 nitrogen and oxygen atoms in total. The summed E-state index contributed by atoms with van der Waals surface area (Å²) in [5.41, 5.74) is -0.193. The van der Waals surface area contributed by atoms with E-state index in [0.717, 1.165) is 25.9 Å². The summed E-state index contributed by atoms with van der Waals surface area (Å²) in [5, 5.41) is 3.29. The molecule has 1 aliphatic rings. The third kappa shape index (κ3) is 2.55. The van der Waals surface area contributed by atoms with Gasteiger partial charge in [-0.15, -0.1) is 0 Å². The predicted octanol–water partition coefficient (Wildman–Crippen LogP) is 3.11. The molecule has 1 aliphatic heterocycles. The number of benzene rings is 1. The van der Waals surface area contributed by atoms with Gasteiger partial charge < -0.3 is 10.1 Å². The summed E-state index contributed by atoms with van der Waals surface area (Å²) in [7, 11) is 0. The van der Waals surface area contributed by atoms with Crippen molar-refractivity contribution in [2.75, 3.05) is 13.1 Å². The van der Waals surface area contributed by atoms with Crippen molar-refractivity contribution in [3.63, 3.8) is 0 Å². The number of nitrogens with one attached hydrogen (secondary N) is 1. The van der Waals surface area contributed by atoms with Crippen LogP contribution in [0.5, 0.6) is 5.75 Å². The molecule has 0 spiro atoms. The van der Waals surface area contributed by atoms with Crippen molar-refractivity contribution < 1.29 is 9.13 Å². The molecule has 1 saturated heterocycles. The highest BCUT2D eigenvalue weighted by Gasteiger charge is 2.29. The average Bonchev–Trinajstić information content (AvgIpc) is 2.26. The molecule has 0 radical (unpaired) electrons. The first-order chi connectivity index (χ1) is 7.61. The first-order valence-electron chi connectivity index (χ1n) is 5.44. The van der Waals surface area contributed by atoms with Crippen LogP contribution in [0, 0.1) is 5.82 Å². The highest BCUT2D eigenvalue weighted by molar-refractivity contribution is 9.10. The number of ether oxygens (including phenoxy) is 1. The smallest absolute Gasteiger partial charge is 0.141 e. The van der Waals surface area contributed by atoms with Crippen LogP contribution in [-0.2, 0) is 0 Å². The van der Waals surface area contributed by atoms with Gasteiger partial charge >= 0.3 is 0 Å². The minimum Gasteiger partial charge on any atom is -0.486 e. The van der Waals surface area contributed by atoms with Crippen molar-refractivity contribution in [1.29, 1.82) is 0 Å². The molecule has 88 valence electrons. The molecule has 1 aromatic carbocycles. The zero-order valence-electron chi connectivity index (χ0n) is 9.22. The molecule has 2 rings (SSSR count). The van der Waals surface area contributed by atoms with Crippen molar-refractivity contribution in [3.05, 3.63) is 28.5 Å². The Morgan fingerprint density at radius 1 is 1.38 bits per heavy atom. The van der Waals surface area contributed by atoms with Crippen molar-refractivity contribution >= 4 is 15.9 Å². The lowest BCUT2D eigenvalue weighted by Gasteiger charge is -2.35. The molecule has 0 aliphatic carbocycles. The van der Waals surface area contributed by atoms with Gasteiger partial charge in [0, 0.05) is 0 Å². The molecule has 16 heavy (non-hydrogen) atoms. The van der Waals surface area contributed by atoms with Gasteiger partial charge in [0.1, 0.15) is 17.2 Å². The predicted molar refractivity (Wildman–Crippen MR) is 65.2 cm³/mol. The summed E-state index contributed by atoms with van der Waals surface area (Å²) < 4.78 is 19.7. The Balaban J connectivity index is 2.16. The second-order valence-electron chi connectivity index (χ2n) is 4.35. The standard InChI is InChI=1S/C12H15BrFNO/c1-12(5-7-15-8-6-12)16-10-4-2-3-9(14)11(10)13/h2-4,15H,5-8H2,1H3. The summed E-state index contributed by atoms with van der Waals surface area (Å²) in [5.74, 6) is 0.305. The maximum atomic E-state index is 13.3. The second-order valence-corrected chi connectivity index (χ2v) is 5.15. The van der Waals surface area contributed by atoms with E-state index in [1.807, 2.05) is 0 Å². The molecule has 1 heterocycles. The van der Waals surface area contributed by atoms with E-state index in [4.69, 9.17) is 4.74 Å². The van der Waals surface area contributed by atoms with Crippen LogP contribution in [0.25, 0.3) is 0 Å². The van der Waals surface area contributed by atoms with E-state index in [-0.39, 0.29) is 11.4 Å². The van der Waals surface area contributed by atoms with Crippen LogP contribution >= 0.6 is 15.9 Å². The molecule has 0 unspecified atom stereocenters. The number of rotatable bonds is 2. The summed E-state index contributed by atoms with van der Waals surface area (Å²) in [6.45, 7) is 3.97. The van der Waals surface area contributed by atoms with E-state index in [2.05, 4.69) is 28.2 Å². The third-order valence-corrected chi connectivity index (χ3v) is 3.70. The Morgan fingerprint density at radius 2 is 2.06 bits per heavy atom. The van der Waals surface area contributed by atoms with E-state index in [9.17, 15) is 4.39 Å². The highest BCUT2D eigenvalue weighted by Crippen LogP contribution is 2.33. The monoisotopic (exact) mass is 287 g/mol. The quantitative estimate of drug-likeness (QED) is 0.903. The molecule has 4 heteroatoms. The van der Waals surface area contributed by atoms with Crippen LogP contribution in [0.2, 0.25) is 0 Å². The minimum atomic E-state index is -0.282. The van der Waals surface area contributed by atoms with Crippen LogP contribution in [0.4, 0.5) is 4.39 Å². The van der Waals surface area contributed by atoms with Crippen LogP contribution in [0.3, 0.4) is 0 Å². The summed E-state index contributed by atoms with van der Waals surface area (Å²) in [6, 6.07) is 4.88. The zero-order valence-corrected chi connectivity index (χ0v) is 10.8. The second kappa shape index (κ2) is 4.72. The largest absolute Gasteiger partial charge is 0.486 e. The van der Waals surface area contributed by atoms with Gasteiger partial charge in [0.05, 0.1) is 4.47 Å². The molecule has 1 aromatic rings. The molecule has 1 fully saturated rings. The fourth-order valence-electron chi connectivity index (χ4n) is 1.89. The van der Waals surface area contributed by atoms with Crippen molar-refractivity contribution in [2.24, 2.45) is 0 Å². The highest BCUT2D eigenvalue weighted by atomic mass is 79.9. The third-order valence-electron chi connectivity index (χ3n) is 2.93. The fourth-order valence-corrected chi connectivity index (χ4v) is 2.23. The van der Waals surface area contributed by atoms with Crippen LogP contribution in [-0.4, -0.2) is 18.7 Å². The van der Waals surface area contributed by atoms with E-state index in [1.54, 1.807) is 12.1 Å². The first kappa shape index (κ1) is 11.9. The van der Waals surface area contributed by atoms with Gasteiger partial charge in [0.15, 0.2) is 0 Å². The maximum absolute atomic E-state index is 13.3. The van der Waals surface area contributed by atoms with Crippen LogP contribution in [0.1, 0.15) is 19.8 Å². The van der Waals surface area contributed by atoms with E-state index in [1.165, 1.54) is 6.07 Å². The molecule has 0 amide bonds. The van der Waals surface area contributed by atoms with E-state index >= 15 is 0 Å². The molecular weight excluding hydrogens is 273 g/mol. The van der Waals surface area contributed by atoms with E-state index < -0.39 is 0 Å². The van der Waals surface area contributed by atoms with E-state index in [0.29, 0.717) is 10.2 Å². The first-order valence-corrected chi connectivity index (χ1v) is 6.24. The lowest BCUT2D eigenvalue weighted by Crippen LogP contribution is -2.43. The van der Waals surface area contributed by atoms with Gasteiger partial charge in [-0.1, -0.05) is 6.07 Å². The normalized spacial score (nSPS) is 19.4. The fraction of sp³-hybridized carbons (Fsp3) is 0.500. The molecule has 1 N–H and O–H groups in total. The Bertz CT molecular complexity index is 377. The van der Waals surface area contributed by atoms with Crippen molar-refractivity contribution in [1.82, 2.24) is 5.32 Å². The average molecular weight is 288 g/mol. The van der Waals surface area contributed by atoms with Gasteiger partial charge in [0.2, 0.25) is 0 Å². The molecular formula is C12H15BrFNO. The Hall–Kier alpha value is -0.610. The maximum Gasteiger partial charge on any atom is 0.141 e. The Labute approximate surface area is 103 Å². The number of halogens is 2. The van der Waals surface area contributed by atoms with Crippen LogP contribution in [0.15, 0.2) is 22.7 Å². The summed E-state index contributed by atoms with van der Waals surface area (Å²) in [4.78, 5) is 0. The van der Waals surface area contributed by atoms with Gasteiger partial charge in [-0.25, -0.2) is 4.39 Å². The number of hydrogen-bond acceptors (Lipinski definition) is 2. The number of piperidine rings is 1. The molecule has 0 aromatic heterocycles. The summed E-state index contributed by atoms with van der Waals surface area (Å²) in [6.07, 6.45) is 1.88. The minimum absolute atomic E-state index is 0.193. The molecule has 0 saturated carbocycles.